The van der Waals surface area contributed by atoms with Crippen molar-refractivity contribution < 1.29 is 23.1 Å². The molecule has 2 aromatic carbocycles. The quantitative estimate of drug-likeness (QED) is 0.241. The molecular formula is C38H41F2N7O3. The molecule has 50 heavy (non-hydrogen) atoms. The van der Waals surface area contributed by atoms with E-state index in [-0.39, 0.29) is 36.7 Å². The number of nitrogens with zero attached hydrogens (tertiary/aromatic N) is 5. The van der Waals surface area contributed by atoms with Gasteiger partial charge < -0.3 is 29.8 Å². The molecule has 3 N–H and O–H groups in total. The van der Waals surface area contributed by atoms with Crippen molar-refractivity contribution in [3.05, 3.63) is 77.0 Å². The lowest BCUT2D eigenvalue weighted by atomic mass is 9.94. The number of rotatable bonds is 3. The van der Waals surface area contributed by atoms with Gasteiger partial charge in [0.2, 0.25) is 0 Å². The first kappa shape index (κ1) is 32.4. The van der Waals surface area contributed by atoms with Crippen LogP contribution < -0.4 is 15.8 Å². The highest BCUT2D eigenvalue weighted by molar-refractivity contribution is 6.00. The number of halogens is 2. The van der Waals surface area contributed by atoms with Crippen LogP contribution in [-0.4, -0.2) is 67.5 Å². The Hall–Kier alpha value is -4.84. The van der Waals surface area contributed by atoms with Gasteiger partial charge in [0.1, 0.15) is 16.9 Å². The minimum atomic E-state index is -3.08. The summed E-state index contributed by atoms with van der Waals surface area (Å²) >= 11 is 0. The summed E-state index contributed by atoms with van der Waals surface area (Å²) in [5, 5.41) is 3.72. The van der Waals surface area contributed by atoms with Gasteiger partial charge in [-0.3, -0.25) is 9.59 Å². The maximum Gasteiger partial charge on any atom is 0.265 e. The zero-order chi connectivity index (χ0) is 34.9. The lowest BCUT2D eigenvalue weighted by molar-refractivity contribution is -0.0248. The number of methoxy groups -OCH3 is 1. The molecule has 12 heteroatoms. The monoisotopic (exact) mass is 681 g/mol. The summed E-state index contributed by atoms with van der Waals surface area (Å²) in [6.07, 6.45) is 3.07. The van der Waals surface area contributed by atoms with Gasteiger partial charge in [-0.05, 0) is 86.9 Å². The van der Waals surface area contributed by atoms with Crippen LogP contribution in [0.2, 0.25) is 0 Å². The Balaban J connectivity index is 1.23. The summed E-state index contributed by atoms with van der Waals surface area (Å²) < 4.78 is 41.1. The summed E-state index contributed by atoms with van der Waals surface area (Å²) in [7, 11) is 3.36. The molecule has 8 rings (SSSR count). The Kier molecular flexibility index (Phi) is 7.89. The van der Waals surface area contributed by atoms with Crippen LogP contribution in [0.1, 0.15) is 77.0 Å². The number of aromatic nitrogens is 4. The van der Waals surface area contributed by atoms with E-state index in [0.717, 1.165) is 24.8 Å². The van der Waals surface area contributed by atoms with Crippen LogP contribution in [0.15, 0.2) is 54.6 Å². The van der Waals surface area contributed by atoms with Crippen molar-refractivity contribution in [2.75, 3.05) is 13.7 Å². The number of nitrogens with two attached hydrogens (primary N) is 1. The number of ether oxygens (including phenoxy) is 1. The molecule has 10 nitrogen and oxygen atoms in total. The molecule has 1 aliphatic carbocycles. The molecule has 3 aliphatic rings. The largest absolute Gasteiger partial charge is 0.494 e. The second kappa shape index (κ2) is 12.2. The molecule has 4 bridgehead atoms. The number of alkyl halides is 2. The van der Waals surface area contributed by atoms with Crippen molar-refractivity contribution >= 4 is 33.9 Å². The third kappa shape index (κ3) is 5.49. The summed E-state index contributed by atoms with van der Waals surface area (Å²) in [4.78, 5) is 38.9. The van der Waals surface area contributed by atoms with Crippen molar-refractivity contribution in [1.82, 2.24) is 29.3 Å². The van der Waals surface area contributed by atoms with Crippen molar-refractivity contribution in [2.45, 2.75) is 76.0 Å². The van der Waals surface area contributed by atoms with Crippen LogP contribution >= 0.6 is 0 Å². The average Bonchev–Trinajstić information content (AvgIpc) is 3.79. The Morgan fingerprint density at radius 1 is 1.10 bits per heavy atom. The van der Waals surface area contributed by atoms with Crippen LogP contribution in [0.3, 0.4) is 0 Å². The van der Waals surface area contributed by atoms with Crippen molar-refractivity contribution in [2.24, 2.45) is 18.7 Å². The highest BCUT2D eigenvalue weighted by atomic mass is 19.3. The molecule has 5 heterocycles. The van der Waals surface area contributed by atoms with Crippen molar-refractivity contribution in [1.29, 1.82) is 0 Å². The molecule has 0 unspecified atom stereocenters. The predicted octanol–water partition coefficient (Wildman–Crippen LogP) is 6.01. The van der Waals surface area contributed by atoms with E-state index >= 15 is 8.78 Å². The number of fused-ring (bicyclic) bond motifs is 5. The van der Waals surface area contributed by atoms with Gasteiger partial charge in [-0.2, -0.15) is 0 Å². The fourth-order valence-corrected chi connectivity index (χ4v) is 8.31. The fraction of sp³-hybridized carbons (Fsp3) is 0.421. The predicted molar refractivity (Wildman–Crippen MR) is 186 cm³/mol. The first-order valence-corrected chi connectivity index (χ1v) is 17.4. The molecule has 3 aromatic heterocycles. The molecule has 0 spiro atoms. The third-order valence-corrected chi connectivity index (χ3v) is 11.0. The zero-order valence-corrected chi connectivity index (χ0v) is 28.5. The van der Waals surface area contributed by atoms with E-state index in [4.69, 9.17) is 20.4 Å². The van der Waals surface area contributed by atoms with E-state index in [2.05, 4.69) is 5.32 Å². The molecule has 2 fully saturated rings. The number of benzene rings is 2. The number of piperidine rings is 1. The van der Waals surface area contributed by atoms with E-state index in [9.17, 15) is 9.59 Å². The van der Waals surface area contributed by atoms with Crippen LogP contribution in [-0.2, 0) is 20.0 Å². The van der Waals surface area contributed by atoms with Gasteiger partial charge in [0, 0.05) is 48.6 Å². The van der Waals surface area contributed by atoms with E-state index < -0.39 is 18.5 Å². The van der Waals surface area contributed by atoms with E-state index in [1.54, 1.807) is 35.9 Å². The van der Waals surface area contributed by atoms with Crippen LogP contribution in [0.5, 0.6) is 5.75 Å². The second-order valence-electron chi connectivity index (χ2n) is 14.2. The summed E-state index contributed by atoms with van der Waals surface area (Å²) in [6.45, 7) is 1.75. The van der Waals surface area contributed by atoms with Gasteiger partial charge in [0.15, 0.2) is 5.82 Å². The Morgan fingerprint density at radius 3 is 2.74 bits per heavy atom. The summed E-state index contributed by atoms with van der Waals surface area (Å²) in [5.74, 6) is -2.10. The van der Waals surface area contributed by atoms with Crippen molar-refractivity contribution in [3.63, 3.8) is 0 Å². The number of hydrogen-bond donors (Lipinski definition) is 2. The molecule has 4 atom stereocenters. The molecule has 1 saturated heterocycles. The number of amides is 2. The van der Waals surface area contributed by atoms with Gasteiger partial charge in [-0.15, -0.1) is 0 Å². The van der Waals surface area contributed by atoms with Crippen molar-refractivity contribution in [3.8, 4) is 17.3 Å². The maximum atomic E-state index is 16.0. The normalized spacial score (nSPS) is 23.6. The molecule has 1 saturated carbocycles. The highest BCUT2D eigenvalue weighted by Gasteiger charge is 2.41. The van der Waals surface area contributed by atoms with Gasteiger partial charge >= 0.3 is 0 Å². The summed E-state index contributed by atoms with van der Waals surface area (Å²) in [5.41, 5.74) is 10.7. The Morgan fingerprint density at radius 2 is 1.92 bits per heavy atom. The van der Waals surface area contributed by atoms with Gasteiger partial charge in [0.25, 0.3) is 17.7 Å². The summed E-state index contributed by atoms with van der Waals surface area (Å²) in [6, 6.07) is 15.8. The molecular weight excluding hydrogens is 640 g/mol. The Labute approximate surface area is 288 Å². The molecule has 2 amide bonds. The zero-order valence-electron chi connectivity index (χ0n) is 28.5. The maximum absolute atomic E-state index is 16.0. The number of carbonyl (C=O) groups excluding carboxylic acids is 2. The highest BCUT2D eigenvalue weighted by Crippen LogP contribution is 2.39. The Bertz CT molecular complexity index is 2160. The molecule has 0 radical (unpaired) electrons. The molecule has 5 aromatic rings. The van der Waals surface area contributed by atoms with E-state index in [1.165, 1.54) is 0 Å². The number of pyridine rings is 1. The minimum Gasteiger partial charge on any atom is -0.494 e. The average molecular weight is 682 g/mol. The smallest absolute Gasteiger partial charge is 0.265 e. The topological polar surface area (TPSA) is 120 Å². The van der Waals surface area contributed by atoms with Gasteiger partial charge in [-0.25, -0.2) is 18.7 Å². The number of nitrogens with one attached hydrogen (secondary N) is 1. The van der Waals surface area contributed by atoms with Crippen LogP contribution in [0.4, 0.5) is 8.78 Å². The van der Waals surface area contributed by atoms with Gasteiger partial charge in [-0.1, -0.05) is 18.2 Å². The number of hydrogen-bond acceptors (Lipinski definition) is 6. The number of likely N-dealkylation sites (tertiary alicyclic amines) is 1. The first-order valence-electron chi connectivity index (χ1n) is 17.4. The number of carbonyl (C=O) groups is 2. The first-order chi connectivity index (χ1) is 24.0. The number of aryl methyl sites for hydroxylation is 2. The van der Waals surface area contributed by atoms with E-state index in [0.29, 0.717) is 75.0 Å². The third-order valence-electron chi connectivity index (χ3n) is 11.0. The second-order valence-corrected chi connectivity index (χ2v) is 14.2. The van der Waals surface area contributed by atoms with Crippen LogP contribution in [0, 0.1) is 5.92 Å². The SMILES string of the molecule is COc1cc(C(=O)N2C[C@H](N)[C@@H]3CC[C@H]2C3)cc2nc(-c3cc4ccc5nc4n3CC(F)(F)CCCc3ccccc3C(=O)N[C@@H]5C)n(C)c12. The molecule has 2 aliphatic heterocycles. The van der Waals surface area contributed by atoms with Crippen LogP contribution in [0.25, 0.3) is 33.6 Å². The van der Waals surface area contributed by atoms with Gasteiger partial charge in [0.05, 0.1) is 36.6 Å². The van der Waals surface area contributed by atoms with E-state index in [1.807, 2.05) is 53.8 Å². The standard InChI is InChI=1S/C38H41F2N7O3/c1-21-29-13-11-24-17-31(47(34(24)43-29)20-38(39,40)14-6-8-22-7-4-5-9-27(22)36(48)42-21)35-44-30-16-25(18-32(50-3)33(30)45(35)2)37(49)46-19-28(41)23-10-12-26(46)15-23/h4-5,7,9,11,13,16-18,21,23,26,28H,6,8,10,12,14-15,19-20,41H2,1-3H3,(H,42,48)/t21-,23-,26+,28+/m1/s1. The molecule has 260 valence electrons. The lowest BCUT2D eigenvalue weighted by Crippen LogP contribution is -2.51. The lowest BCUT2D eigenvalue weighted by Gasteiger charge is -2.37. The fourth-order valence-electron chi connectivity index (χ4n) is 8.31. The minimum absolute atomic E-state index is 0.0446. The number of imidazole rings is 1.